The number of hydrogen-bond donors (Lipinski definition) is 0. The maximum absolute atomic E-state index is 14.1. The lowest BCUT2D eigenvalue weighted by molar-refractivity contribution is 0.103. The van der Waals surface area contributed by atoms with Crippen molar-refractivity contribution in [2.24, 2.45) is 0 Å². The van der Waals surface area contributed by atoms with E-state index in [0.717, 1.165) is 0 Å². The third-order valence-electron chi connectivity index (χ3n) is 5.83. The van der Waals surface area contributed by atoms with Gasteiger partial charge >= 0.3 is 17.2 Å². The molecular weight excluding hydrogens is 626 g/mol. The quantitative estimate of drug-likeness (QED) is 0.0841. The number of carbonyl (C=O) groups excluding carboxylic acids is 1. The molecule has 0 fully saturated rings. The molecule has 228 valence electrons. The summed E-state index contributed by atoms with van der Waals surface area (Å²) in [6.07, 6.45) is 6.34. The van der Waals surface area contributed by atoms with Crippen LogP contribution < -0.4 is 27.1 Å². The van der Waals surface area contributed by atoms with Crippen LogP contribution in [0.5, 0.6) is 35.0 Å². The second-order valence-electron chi connectivity index (χ2n) is 8.99. The summed E-state index contributed by atoms with van der Waals surface area (Å²) in [5.74, 6) is 1.17. The van der Waals surface area contributed by atoms with E-state index in [1.54, 1.807) is 146 Å². The Labute approximate surface area is 266 Å². The molecule has 46 heavy (non-hydrogen) atoms. The number of benzene rings is 2. The van der Waals surface area contributed by atoms with Crippen LogP contribution in [0.3, 0.4) is 0 Å². The van der Waals surface area contributed by atoms with Crippen LogP contribution in [0.25, 0.3) is 0 Å². The molecule has 0 amide bonds. The molecule has 0 spiro atoms. The van der Waals surface area contributed by atoms with Crippen molar-refractivity contribution in [3.8, 4) is 35.0 Å². The second-order valence-corrected chi connectivity index (χ2v) is 11.0. The first-order valence-electron chi connectivity index (χ1n) is 13.8. The first-order valence-corrected chi connectivity index (χ1v) is 16.0. The molecule has 4 aromatic heterocycles. The molecule has 0 radical (unpaired) electrons. The number of aromatic nitrogens is 4. The number of carbonyl (C=O) groups is 1. The first-order chi connectivity index (χ1) is 22.7. The smallest absolute Gasteiger partial charge is 0.408 e. The van der Waals surface area contributed by atoms with Crippen molar-refractivity contribution < 1.29 is 31.9 Å². The molecule has 0 atom stereocenters. The molecule has 0 unspecified atom stereocenters. The van der Waals surface area contributed by atoms with E-state index >= 15 is 0 Å². The van der Waals surface area contributed by atoms with Crippen LogP contribution in [0.4, 0.5) is 0 Å². The van der Waals surface area contributed by atoms with Gasteiger partial charge in [-0.15, -0.1) is 0 Å². The highest BCUT2D eigenvalue weighted by atomic mass is 31.2. The van der Waals surface area contributed by atoms with E-state index in [-0.39, 0.29) is 51.9 Å². The highest BCUT2D eigenvalue weighted by Gasteiger charge is 2.28. The first kappa shape index (κ1) is 30.4. The molecule has 4 heterocycles. The minimum atomic E-state index is -2.14. The molecule has 2 aromatic carbocycles. The normalized spacial score (nSPS) is 10.7. The predicted molar refractivity (Wildman–Crippen MR) is 171 cm³/mol. The van der Waals surface area contributed by atoms with E-state index in [0.29, 0.717) is 0 Å². The third kappa shape index (κ3) is 8.30. The van der Waals surface area contributed by atoms with Crippen molar-refractivity contribution in [2.75, 3.05) is 0 Å². The average Bonchev–Trinajstić information content (AvgIpc) is 3.10. The van der Waals surface area contributed by atoms with Crippen molar-refractivity contribution in [3.63, 3.8) is 0 Å². The van der Waals surface area contributed by atoms with Gasteiger partial charge in [0.25, 0.3) is 0 Å². The van der Waals surface area contributed by atoms with Crippen LogP contribution in [0, 0.1) is 0 Å². The van der Waals surface area contributed by atoms with E-state index in [2.05, 4.69) is 19.9 Å². The standard InChI is InChI=1S/C33H24N4O7P2/c38-33(25-13-1-3-15-27(25)39-45(41-29-17-5-9-21-34-29)42-30-18-6-10-22-35-30)26-14-2-4-16-28(26)40-46(43-31-19-7-11-23-36-31)44-32-20-8-12-24-37-32/h1-24H. The van der Waals surface area contributed by atoms with Crippen molar-refractivity contribution >= 4 is 23.0 Å². The van der Waals surface area contributed by atoms with E-state index in [1.807, 2.05) is 0 Å². The minimum absolute atomic E-state index is 0.219. The summed E-state index contributed by atoms with van der Waals surface area (Å²) < 4.78 is 36.2. The monoisotopic (exact) mass is 650 g/mol. The fourth-order valence-corrected chi connectivity index (χ4v) is 5.70. The number of para-hydroxylation sites is 2. The largest absolute Gasteiger partial charge is 0.532 e. The van der Waals surface area contributed by atoms with Crippen molar-refractivity contribution in [2.45, 2.75) is 0 Å². The highest BCUT2D eigenvalue weighted by molar-refractivity contribution is 7.43. The van der Waals surface area contributed by atoms with Crippen molar-refractivity contribution in [1.82, 2.24) is 19.9 Å². The van der Waals surface area contributed by atoms with Crippen molar-refractivity contribution in [3.05, 3.63) is 157 Å². The van der Waals surface area contributed by atoms with E-state index in [9.17, 15) is 4.79 Å². The highest BCUT2D eigenvalue weighted by Crippen LogP contribution is 2.45. The fraction of sp³-hybridized carbons (Fsp3) is 0. The molecule has 0 saturated carbocycles. The van der Waals surface area contributed by atoms with Gasteiger partial charge in [0.05, 0.1) is 11.1 Å². The Hall–Kier alpha value is -5.63. The van der Waals surface area contributed by atoms with Gasteiger partial charge in [-0.2, -0.15) is 0 Å². The molecule has 0 saturated heterocycles. The predicted octanol–water partition coefficient (Wildman–Crippen LogP) is 8.03. The topological polar surface area (TPSA) is 124 Å². The molecule has 0 aliphatic carbocycles. The van der Waals surface area contributed by atoms with Gasteiger partial charge in [0, 0.05) is 49.1 Å². The van der Waals surface area contributed by atoms with Gasteiger partial charge in [0.15, 0.2) is 0 Å². The Bertz CT molecular complexity index is 1630. The van der Waals surface area contributed by atoms with E-state index in [1.165, 1.54) is 0 Å². The third-order valence-corrected chi connectivity index (χ3v) is 7.87. The number of ketones is 1. The minimum Gasteiger partial charge on any atom is -0.408 e. The van der Waals surface area contributed by atoms with Gasteiger partial charge in [0.1, 0.15) is 11.5 Å². The lowest BCUT2D eigenvalue weighted by Gasteiger charge is -2.19. The summed E-state index contributed by atoms with van der Waals surface area (Å²) in [6.45, 7) is 0. The van der Waals surface area contributed by atoms with E-state index in [4.69, 9.17) is 27.1 Å². The number of pyridine rings is 4. The number of nitrogens with zero attached hydrogens (tertiary/aromatic N) is 4. The number of hydrogen-bond acceptors (Lipinski definition) is 11. The summed E-state index contributed by atoms with van der Waals surface area (Å²) in [4.78, 5) is 30.9. The van der Waals surface area contributed by atoms with Crippen LogP contribution in [0.2, 0.25) is 0 Å². The van der Waals surface area contributed by atoms with Gasteiger partial charge in [-0.3, -0.25) is 4.79 Å². The number of rotatable bonds is 14. The van der Waals surface area contributed by atoms with Crippen molar-refractivity contribution in [1.29, 1.82) is 0 Å². The average molecular weight is 651 g/mol. The summed E-state index contributed by atoms with van der Waals surface area (Å²) in [7, 11) is -4.27. The SMILES string of the molecule is O=C(c1ccccc1OP(Oc1ccccn1)Oc1ccccn1)c1ccccc1OP(Oc1ccccn1)Oc1ccccn1. The molecule has 6 rings (SSSR count). The maximum atomic E-state index is 14.1. The van der Waals surface area contributed by atoms with Crippen LogP contribution >= 0.6 is 17.2 Å². The van der Waals surface area contributed by atoms with Gasteiger partial charge in [0.2, 0.25) is 29.3 Å². The Kier molecular flexibility index (Phi) is 10.2. The van der Waals surface area contributed by atoms with Gasteiger partial charge < -0.3 is 27.1 Å². The maximum Gasteiger partial charge on any atom is 0.532 e. The summed E-state index contributed by atoms with van der Waals surface area (Å²) in [5, 5.41) is 0. The molecule has 6 aromatic rings. The zero-order valence-electron chi connectivity index (χ0n) is 23.9. The fourth-order valence-electron chi connectivity index (χ4n) is 3.79. The molecule has 13 heteroatoms. The molecule has 0 aliphatic heterocycles. The second kappa shape index (κ2) is 15.4. The summed E-state index contributed by atoms with van der Waals surface area (Å²) in [6, 6.07) is 34.3. The van der Waals surface area contributed by atoms with Gasteiger partial charge in [-0.25, -0.2) is 19.9 Å². The van der Waals surface area contributed by atoms with Crippen LogP contribution in [-0.4, -0.2) is 25.7 Å². The zero-order chi connectivity index (χ0) is 31.4. The van der Waals surface area contributed by atoms with Gasteiger partial charge in [-0.05, 0) is 48.5 Å². The molecular formula is C33H24N4O7P2. The molecule has 0 aliphatic rings. The van der Waals surface area contributed by atoms with Crippen LogP contribution in [0.15, 0.2) is 146 Å². The lowest BCUT2D eigenvalue weighted by Crippen LogP contribution is -2.10. The Morgan fingerprint density at radius 3 is 1.00 bits per heavy atom. The Morgan fingerprint density at radius 2 is 0.696 bits per heavy atom. The zero-order valence-corrected chi connectivity index (χ0v) is 25.7. The Balaban J connectivity index is 1.27. The summed E-state index contributed by atoms with van der Waals surface area (Å²) >= 11 is 0. The van der Waals surface area contributed by atoms with Gasteiger partial charge in [-0.1, -0.05) is 48.5 Å². The van der Waals surface area contributed by atoms with Crippen LogP contribution in [-0.2, 0) is 0 Å². The molecule has 0 bridgehead atoms. The van der Waals surface area contributed by atoms with Crippen LogP contribution in [0.1, 0.15) is 15.9 Å². The Morgan fingerprint density at radius 1 is 0.391 bits per heavy atom. The molecule has 11 nitrogen and oxygen atoms in total. The molecule has 0 N–H and O–H groups in total. The lowest BCUT2D eigenvalue weighted by atomic mass is 10.0. The van der Waals surface area contributed by atoms with E-state index < -0.39 is 17.2 Å². The summed E-state index contributed by atoms with van der Waals surface area (Å²) in [5.41, 5.74) is 0.474.